The summed E-state index contributed by atoms with van der Waals surface area (Å²) in [6.45, 7) is 4.43. The summed E-state index contributed by atoms with van der Waals surface area (Å²) in [5.74, 6) is 0.358. The van der Waals surface area contributed by atoms with E-state index in [4.69, 9.17) is 4.42 Å². The number of anilines is 1. The van der Waals surface area contributed by atoms with Gasteiger partial charge in [-0.05, 0) is 37.6 Å². The lowest BCUT2D eigenvalue weighted by Crippen LogP contribution is -2.37. The summed E-state index contributed by atoms with van der Waals surface area (Å²) in [5, 5.41) is 3.20. The maximum absolute atomic E-state index is 12.7. The van der Waals surface area contributed by atoms with Crippen molar-refractivity contribution in [1.82, 2.24) is 4.90 Å². The van der Waals surface area contributed by atoms with Gasteiger partial charge in [0.25, 0.3) is 11.8 Å². The summed E-state index contributed by atoms with van der Waals surface area (Å²) in [6, 6.07) is 8.91. The van der Waals surface area contributed by atoms with Gasteiger partial charge >= 0.3 is 0 Å². The Morgan fingerprint density at radius 2 is 2.00 bits per heavy atom. The third-order valence-electron chi connectivity index (χ3n) is 4.13. The number of imide groups is 1. The highest BCUT2D eigenvalue weighted by molar-refractivity contribution is 6.23. The normalized spacial score (nSPS) is 15.0. The Labute approximate surface area is 135 Å². The molecule has 0 fully saturated rings. The zero-order chi connectivity index (χ0) is 16.4. The molecule has 1 unspecified atom stereocenters. The minimum absolute atomic E-state index is 0.0923. The molecule has 1 aromatic heterocycles. The predicted octanol–water partition coefficient (Wildman–Crippen LogP) is 3.68. The van der Waals surface area contributed by atoms with Crippen LogP contribution in [0.5, 0.6) is 0 Å². The van der Waals surface area contributed by atoms with Crippen molar-refractivity contribution >= 4 is 17.5 Å². The van der Waals surface area contributed by atoms with Gasteiger partial charge in [0.15, 0.2) is 0 Å². The summed E-state index contributed by atoms with van der Waals surface area (Å²) in [4.78, 5) is 26.7. The fourth-order valence-corrected chi connectivity index (χ4v) is 2.99. The quantitative estimate of drug-likeness (QED) is 0.827. The number of nitrogens with one attached hydrogen (secondary N) is 1. The van der Waals surface area contributed by atoms with E-state index in [-0.39, 0.29) is 17.9 Å². The average molecular weight is 312 g/mol. The molecule has 5 nitrogen and oxygen atoms in total. The number of hydrogen-bond donors (Lipinski definition) is 1. The van der Waals surface area contributed by atoms with Gasteiger partial charge in [-0.2, -0.15) is 0 Å². The number of furan rings is 1. The zero-order valence-corrected chi connectivity index (χ0v) is 13.3. The van der Waals surface area contributed by atoms with Crippen molar-refractivity contribution in [3.05, 3.63) is 53.5 Å². The molecule has 0 saturated carbocycles. The first-order valence-electron chi connectivity index (χ1n) is 7.90. The Kier molecular flexibility index (Phi) is 4.19. The second-order valence-electron chi connectivity index (χ2n) is 5.78. The third-order valence-corrected chi connectivity index (χ3v) is 4.13. The van der Waals surface area contributed by atoms with Crippen LogP contribution in [0.4, 0.5) is 5.69 Å². The monoisotopic (exact) mass is 312 g/mol. The molecule has 0 saturated heterocycles. The molecule has 1 aliphatic heterocycles. The summed E-state index contributed by atoms with van der Waals surface area (Å²) >= 11 is 0. The molecule has 0 spiro atoms. The van der Waals surface area contributed by atoms with E-state index in [1.54, 1.807) is 18.4 Å². The van der Waals surface area contributed by atoms with Crippen LogP contribution in [0, 0.1) is 0 Å². The van der Waals surface area contributed by atoms with Gasteiger partial charge in [0.2, 0.25) is 0 Å². The molecule has 0 aliphatic carbocycles. The molecule has 0 bridgehead atoms. The van der Waals surface area contributed by atoms with Gasteiger partial charge in [-0.3, -0.25) is 14.5 Å². The van der Waals surface area contributed by atoms with E-state index in [1.807, 2.05) is 32.0 Å². The number of carbonyl (C=O) groups is 2. The molecule has 1 aliphatic rings. The molecule has 0 radical (unpaired) electrons. The van der Waals surface area contributed by atoms with Gasteiger partial charge in [0.1, 0.15) is 5.76 Å². The average Bonchev–Trinajstić information content (AvgIpc) is 3.13. The van der Waals surface area contributed by atoms with Gasteiger partial charge in [-0.1, -0.05) is 19.4 Å². The SMILES string of the molecule is CCCC(C)N1C(=O)c2cccc(NCc3ccco3)c2C1=O. The molecular formula is C18H20N2O3. The number of fused-ring (bicyclic) bond motifs is 1. The first-order chi connectivity index (χ1) is 11.1. The highest BCUT2D eigenvalue weighted by Gasteiger charge is 2.39. The highest BCUT2D eigenvalue weighted by atomic mass is 16.3. The maximum atomic E-state index is 12.7. The lowest BCUT2D eigenvalue weighted by atomic mass is 10.1. The molecule has 2 heterocycles. The Morgan fingerprint density at radius 3 is 2.70 bits per heavy atom. The maximum Gasteiger partial charge on any atom is 0.263 e. The molecule has 5 heteroatoms. The summed E-state index contributed by atoms with van der Waals surface area (Å²) in [6.07, 6.45) is 3.34. The Morgan fingerprint density at radius 1 is 1.17 bits per heavy atom. The first kappa shape index (κ1) is 15.3. The summed E-state index contributed by atoms with van der Waals surface area (Å²) in [5.41, 5.74) is 1.61. The first-order valence-corrected chi connectivity index (χ1v) is 7.90. The third kappa shape index (κ3) is 2.74. The van der Waals surface area contributed by atoms with E-state index < -0.39 is 0 Å². The van der Waals surface area contributed by atoms with Crippen molar-refractivity contribution in [2.45, 2.75) is 39.3 Å². The summed E-state index contributed by atoms with van der Waals surface area (Å²) < 4.78 is 5.29. The second-order valence-corrected chi connectivity index (χ2v) is 5.78. The van der Waals surface area contributed by atoms with Gasteiger partial charge in [0, 0.05) is 11.7 Å². The number of nitrogens with zero attached hydrogens (tertiary/aromatic N) is 1. The van der Waals surface area contributed by atoms with Crippen molar-refractivity contribution in [1.29, 1.82) is 0 Å². The number of hydrogen-bond acceptors (Lipinski definition) is 4. The molecule has 1 atom stereocenters. The lowest BCUT2D eigenvalue weighted by molar-refractivity contribution is 0.0590. The van der Waals surface area contributed by atoms with Gasteiger partial charge < -0.3 is 9.73 Å². The van der Waals surface area contributed by atoms with Crippen LogP contribution in [0.3, 0.4) is 0 Å². The number of benzene rings is 1. The standard InChI is InChI=1S/C18H20N2O3/c1-3-6-12(2)20-17(21)14-8-4-9-15(16(14)18(20)22)19-11-13-7-5-10-23-13/h4-5,7-10,12,19H,3,6,11H2,1-2H3. The van der Waals surface area contributed by atoms with Gasteiger partial charge in [0.05, 0.1) is 23.9 Å². The molecule has 2 amide bonds. The van der Waals surface area contributed by atoms with Crippen molar-refractivity contribution in [2.75, 3.05) is 5.32 Å². The number of amides is 2. The Hall–Kier alpha value is -2.56. The van der Waals surface area contributed by atoms with Crippen molar-refractivity contribution in [2.24, 2.45) is 0 Å². The van der Waals surface area contributed by atoms with Crippen LogP contribution in [0.2, 0.25) is 0 Å². The highest BCUT2D eigenvalue weighted by Crippen LogP contribution is 2.31. The molecule has 23 heavy (non-hydrogen) atoms. The molecule has 2 aromatic rings. The Bertz CT molecular complexity index is 722. The van der Waals surface area contributed by atoms with E-state index in [9.17, 15) is 9.59 Å². The fraction of sp³-hybridized carbons (Fsp3) is 0.333. The van der Waals surface area contributed by atoms with Crippen molar-refractivity contribution < 1.29 is 14.0 Å². The molecule has 1 N–H and O–H groups in total. The predicted molar refractivity (Wildman–Crippen MR) is 87.3 cm³/mol. The topological polar surface area (TPSA) is 62.6 Å². The van der Waals surface area contributed by atoms with Gasteiger partial charge in [-0.25, -0.2) is 0 Å². The van der Waals surface area contributed by atoms with Crippen LogP contribution >= 0.6 is 0 Å². The van der Waals surface area contributed by atoms with Crippen LogP contribution in [0.1, 0.15) is 53.2 Å². The Balaban J connectivity index is 1.87. The largest absolute Gasteiger partial charge is 0.467 e. The van der Waals surface area contributed by atoms with E-state index >= 15 is 0 Å². The second kappa shape index (κ2) is 6.28. The van der Waals surface area contributed by atoms with E-state index in [1.165, 1.54) is 4.90 Å². The fourth-order valence-electron chi connectivity index (χ4n) is 2.99. The van der Waals surface area contributed by atoms with Crippen LogP contribution in [-0.2, 0) is 6.54 Å². The van der Waals surface area contributed by atoms with Crippen LogP contribution < -0.4 is 5.32 Å². The lowest BCUT2D eigenvalue weighted by Gasteiger charge is -2.21. The smallest absolute Gasteiger partial charge is 0.263 e. The molecule has 1 aromatic carbocycles. The summed E-state index contributed by atoms with van der Waals surface area (Å²) in [7, 11) is 0. The minimum atomic E-state index is -0.214. The molecular weight excluding hydrogens is 292 g/mol. The van der Waals surface area contributed by atoms with Gasteiger partial charge in [-0.15, -0.1) is 0 Å². The van der Waals surface area contributed by atoms with E-state index in [2.05, 4.69) is 5.32 Å². The minimum Gasteiger partial charge on any atom is -0.467 e. The molecule has 3 rings (SSSR count). The van der Waals surface area contributed by atoms with Crippen LogP contribution in [-0.4, -0.2) is 22.8 Å². The van der Waals surface area contributed by atoms with Crippen LogP contribution in [0.15, 0.2) is 41.0 Å². The number of rotatable bonds is 6. The van der Waals surface area contributed by atoms with E-state index in [0.29, 0.717) is 23.4 Å². The van der Waals surface area contributed by atoms with Crippen molar-refractivity contribution in [3.8, 4) is 0 Å². The molecule has 120 valence electrons. The van der Waals surface area contributed by atoms with Crippen molar-refractivity contribution in [3.63, 3.8) is 0 Å². The van der Waals surface area contributed by atoms with Crippen LogP contribution in [0.25, 0.3) is 0 Å². The zero-order valence-electron chi connectivity index (χ0n) is 13.3. The number of carbonyl (C=O) groups excluding carboxylic acids is 2. The van der Waals surface area contributed by atoms with E-state index in [0.717, 1.165) is 18.6 Å².